The Bertz CT molecular complexity index is 1670. The van der Waals surface area contributed by atoms with Gasteiger partial charge in [-0.05, 0) is 30.7 Å². The van der Waals surface area contributed by atoms with E-state index in [-0.39, 0.29) is 31.1 Å². The highest BCUT2D eigenvalue weighted by molar-refractivity contribution is 7.86. The second kappa shape index (κ2) is 13.6. The topological polar surface area (TPSA) is 187 Å². The number of fused-ring (bicyclic) bond motifs is 1. The van der Waals surface area contributed by atoms with Gasteiger partial charge in [-0.2, -0.15) is 8.42 Å². The number of likely N-dealkylation sites (tertiary alicyclic amines) is 1. The second-order valence-electron chi connectivity index (χ2n) is 10.8. The molecule has 3 N–H and O–H groups in total. The Morgan fingerprint density at radius 1 is 1.11 bits per heavy atom. The third-order valence-electron chi connectivity index (χ3n) is 7.71. The molecule has 1 aromatic heterocycles. The van der Waals surface area contributed by atoms with E-state index in [0.29, 0.717) is 30.1 Å². The molecule has 14 nitrogen and oxygen atoms in total. The minimum Gasteiger partial charge on any atom is -0.488 e. The minimum absolute atomic E-state index is 0.0386. The summed E-state index contributed by atoms with van der Waals surface area (Å²) in [6.07, 6.45) is 6.18. The Morgan fingerprint density at radius 3 is 2.64 bits per heavy atom. The van der Waals surface area contributed by atoms with Gasteiger partial charge in [0.25, 0.3) is 16.0 Å². The van der Waals surface area contributed by atoms with Crippen LogP contribution < -0.4 is 19.5 Å². The molecule has 1 saturated heterocycles. The average Bonchev–Trinajstić information content (AvgIpc) is 3.76. The number of unbranched alkanes of at least 4 members (excludes halogenated alkanes) is 3. The van der Waals surface area contributed by atoms with Crippen molar-refractivity contribution in [2.75, 3.05) is 18.7 Å². The van der Waals surface area contributed by atoms with Crippen molar-refractivity contribution in [2.45, 2.75) is 68.5 Å². The van der Waals surface area contributed by atoms with Gasteiger partial charge < -0.3 is 34.1 Å². The molecule has 5 rings (SSSR count). The van der Waals surface area contributed by atoms with Crippen LogP contribution in [0.5, 0.6) is 17.2 Å². The van der Waals surface area contributed by atoms with Gasteiger partial charge in [0, 0.05) is 18.7 Å². The maximum atomic E-state index is 14.0. The molecule has 0 radical (unpaired) electrons. The second-order valence-corrected chi connectivity index (χ2v) is 12.2. The Morgan fingerprint density at radius 2 is 1.89 bits per heavy atom. The van der Waals surface area contributed by atoms with Gasteiger partial charge in [-0.1, -0.05) is 44.7 Å². The number of hydrogen-bond donors (Lipinski definition) is 3. The highest BCUT2D eigenvalue weighted by atomic mass is 32.2. The quantitative estimate of drug-likeness (QED) is 0.182. The maximum Gasteiger partial charge on any atom is 0.326 e. The number of carbonyl (C=O) groups is 3. The molecule has 0 bridgehead atoms. The standard InChI is InChI=1S/C30H34N4O10S/c1-2-3-4-5-9-22(33-16-27(31-17-33)32-28(35)21-8-6-7-10-26(21)45(39,40)41)29(36)34-15-20(13-23(34)30(37)38)44-19-11-12-24-25(14-19)43-18-42-24/h6-8,10-12,14,16-17,20,22-23H,2-5,9,13,15,18H2,1H3,(H,32,35)(H,37,38)(H,39,40,41)/t20-,22+,23-/m0/s1. The molecule has 3 aromatic rings. The van der Waals surface area contributed by atoms with Gasteiger partial charge in [0.2, 0.25) is 12.7 Å². The number of imidazole rings is 1. The molecule has 0 aliphatic carbocycles. The fourth-order valence-electron chi connectivity index (χ4n) is 5.49. The lowest BCUT2D eigenvalue weighted by Crippen LogP contribution is -2.44. The van der Waals surface area contributed by atoms with Crippen LogP contribution in [0.25, 0.3) is 0 Å². The van der Waals surface area contributed by atoms with Gasteiger partial charge in [-0.3, -0.25) is 14.1 Å². The number of aliphatic carboxylic acids is 1. The van der Waals surface area contributed by atoms with Crippen molar-refractivity contribution in [1.29, 1.82) is 0 Å². The highest BCUT2D eigenvalue weighted by Crippen LogP contribution is 2.36. The van der Waals surface area contributed by atoms with Crippen molar-refractivity contribution in [1.82, 2.24) is 14.5 Å². The summed E-state index contributed by atoms with van der Waals surface area (Å²) in [5.74, 6) is -0.804. The van der Waals surface area contributed by atoms with E-state index in [0.717, 1.165) is 25.3 Å². The molecule has 3 atom stereocenters. The van der Waals surface area contributed by atoms with E-state index in [1.165, 1.54) is 40.2 Å². The zero-order valence-electron chi connectivity index (χ0n) is 24.5. The number of carboxylic acids is 1. The van der Waals surface area contributed by atoms with Crippen molar-refractivity contribution in [2.24, 2.45) is 0 Å². The third-order valence-corrected chi connectivity index (χ3v) is 8.62. The first-order valence-corrected chi connectivity index (χ1v) is 16.0. The van der Waals surface area contributed by atoms with E-state index < -0.39 is 51.0 Å². The van der Waals surface area contributed by atoms with Crippen LogP contribution in [0.2, 0.25) is 0 Å². The summed E-state index contributed by atoms with van der Waals surface area (Å²) in [6, 6.07) is 8.29. The van der Waals surface area contributed by atoms with E-state index in [9.17, 15) is 32.5 Å². The normalized spacial score (nSPS) is 18.0. The van der Waals surface area contributed by atoms with Crippen LogP contribution in [0, 0.1) is 0 Å². The summed E-state index contributed by atoms with van der Waals surface area (Å²) >= 11 is 0. The summed E-state index contributed by atoms with van der Waals surface area (Å²) in [6.45, 7) is 2.21. The molecule has 2 amide bonds. The first-order valence-electron chi connectivity index (χ1n) is 14.6. The van der Waals surface area contributed by atoms with Gasteiger partial charge in [0.1, 0.15) is 28.8 Å². The zero-order valence-corrected chi connectivity index (χ0v) is 25.3. The predicted octanol–water partition coefficient (Wildman–Crippen LogP) is 3.76. The van der Waals surface area contributed by atoms with Crippen LogP contribution in [-0.2, 0) is 19.7 Å². The molecule has 45 heavy (non-hydrogen) atoms. The van der Waals surface area contributed by atoms with Gasteiger partial charge in [0.15, 0.2) is 17.3 Å². The van der Waals surface area contributed by atoms with Gasteiger partial charge >= 0.3 is 5.97 Å². The predicted molar refractivity (Wildman–Crippen MR) is 159 cm³/mol. The maximum absolute atomic E-state index is 14.0. The van der Waals surface area contributed by atoms with Crippen LogP contribution in [-0.4, -0.2) is 75.8 Å². The smallest absolute Gasteiger partial charge is 0.326 e. The van der Waals surface area contributed by atoms with Crippen LogP contribution >= 0.6 is 0 Å². The number of nitrogens with one attached hydrogen (secondary N) is 1. The molecule has 2 aromatic carbocycles. The molecule has 15 heteroatoms. The van der Waals surface area contributed by atoms with Gasteiger partial charge in [-0.25, -0.2) is 9.78 Å². The Kier molecular flexibility index (Phi) is 9.58. The number of anilines is 1. The van der Waals surface area contributed by atoms with E-state index in [1.54, 1.807) is 18.2 Å². The molecule has 3 heterocycles. The lowest BCUT2D eigenvalue weighted by atomic mass is 10.1. The molecular formula is C30H34N4O10S. The number of aromatic nitrogens is 2. The Balaban J connectivity index is 1.34. The van der Waals surface area contributed by atoms with Gasteiger partial charge in [-0.15, -0.1) is 0 Å². The monoisotopic (exact) mass is 642 g/mol. The van der Waals surface area contributed by atoms with Crippen LogP contribution in [0.1, 0.15) is 61.8 Å². The van der Waals surface area contributed by atoms with Crippen molar-refractivity contribution in [3.63, 3.8) is 0 Å². The fourth-order valence-corrected chi connectivity index (χ4v) is 6.18. The van der Waals surface area contributed by atoms with Crippen LogP contribution in [0.15, 0.2) is 59.9 Å². The number of amides is 2. The first-order chi connectivity index (χ1) is 21.5. The molecule has 2 aliphatic rings. The van der Waals surface area contributed by atoms with Crippen molar-refractivity contribution in [3.05, 3.63) is 60.6 Å². The minimum atomic E-state index is -4.66. The lowest BCUT2D eigenvalue weighted by Gasteiger charge is -2.27. The largest absolute Gasteiger partial charge is 0.488 e. The number of nitrogens with zero attached hydrogens (tertiary/aromatic N) is 3. The Labute approximate surface area is 259 Å². The van der Waals surface area contributed by atoms with Crippen molar-refractivity contribution >= 4 is 33.7 Å². The van der Waals surface area contributed by atoms with E-state index in [4.69, 9.17) is 14.2 Å². The lowest BCUT2D eigenvalue weighted by molar-refractivity contribution is -0.149. The average molecular weight is 643 g/mol. The third kappa shape index (κ3) is 7.37. The first kappa shape index (κ1) is 31.8. The van der Waals surface area contributed by atoms with E-state index >= 15 is 0 Å². The number of hydrogen-bond acceptors (Lipinski definition) is 9. The van der Waals surface area contributed by atoms with E-state index in [1.807, 2.05) is 0 Å². The number of carbonyl (C=O) groups excluding carboxylic acids is 2. The molecule has 0 saturated carbocycles. The SMILES string of the molecule is CCCCCC[C@H](C(=O)N1C[C@@H](Oc2ccc3c(c2)OCO3)C[C@H]1C(=O)O)n1cnc(NC(=O)c2ccccc2S(=O)(=O)O)c1. The molecule has 240 valence electrons. The molecule has 0 spiro atoms. The number of carboxylic acid groups (broad SMARTS) is 1. The van der Waals surface area contributed by atoms with Crippen molar-refractivity contribution in [3.8, 4) is 17.2 Å². The van der Waals surface area contributed by atoms with E-state index in [2.05, 4.69) is 17.2 Å². The van der Waals surface area contributed by atoms with Crippen molar-refractivity contribution < 1.29 is 46.7 Å². The molecule has 1 fully saturated rings. The van der Waals surface area contributed by atoms with Crippen LogP contribution in [0.3, 0.4) is 0 Å². The fraction of sp³-hybridized carbons (Fsp3) is 0.400. The molecular weight excluding hydrogens is 608 g/mol. The van der Waals surface area contributed by atoms with Gasteiger partial charge in [0.05, 0.1) is 18.4 Å². The van der Waals surface area contributed by atoms with Crippen LogP contribution in [0.4, 0.5) is 5.82 Å². The number of ether oxygens (including phenoxy) is 3. The summed E-state index contributed by atoms with van der Waals surface area (Å²) < 4.78 is 51.3. The summed E-state index contributed by atoms with van der Waals surface area (Å²) in [7, 11) is -4.66. The Hall–Kier alpha value is -4.63. The number of benzene rings is 2. The molecule has 0 unspecified atom stereocenters. The highest BCUT2D eigenvalue weighted by Gasteiger charge is 2.43. The molecule has 2 aliphatic heterocycles. The zero-order chi connectivity index (χ0) is 32.1. The number of rotatable bonds is 13. The summed E-state index contributed by atoms with van der Waals surface area (Å²) in [5.41, 5.74) is -0.281. The summed E-state index contributed by atoms with van der Waals surface area (Å²) in [5, 5.41) is 12.5. The summed E-state index contributed by atoms with van der Waals surface area (Å²) in [4.78, 5) is 44.1.